The average Bonchev–Trinajstić information content (AvgIpc) is 3.56. The molecule has 0 atom stereocenters. The number of nitrogens with zero attached hydrogens (tertiary/aromatic N) is 6. The van der Waals surface area contributed by atoms with Crippen LogP contribution in [0.15, 0.2) is 52.2 Å². The number of amides is 1. The number of anilines is 1. The van der Waals surface area contributed by atoms with Crippen LogP contribution in [0.4, 0.5) is 5.82 Å². The Labute approximate surface area is 190 Å². The van der Waals surface area contributed by atoms with E-state index in [0.29, 0.717) is 27.8 Å². The molecule has 166 valence electrons. The summed E-state index contributed by atoms with van der Waals surface area (Å²) in [6.45, 7) is 1.85. The van der Waals surface area contributed by atoms with E-state index in [1.807, 2.05) is 0 Å². The fourth-order valence-electron chi connectivity index (χ4n) is 3.17. The minimum absolute atomic E-state index is 0.0227. The monoisotopic (exact) mass is 466 g/mol. The van der Waals surface area contributed by atoms with Gasteiger partial charge < -0.3 is 15.2 Å². The van der Waals surface area contributed by atoms with E-state index in [-0.39, 0.29) is 29.8 Å². The summed E-state index contributed by atoms with van der Waals surface area (Å²) in [4.78, 5) is 13.0. The average molecular weight is 467 g/mol. The molecule has 2 aromatic carbocycles. The van der Waals surface area contributed by atoms with Crippen LogP contribution in [0, 0.1) is 0 Å². The maximum absolute atomic E-state index is 13.0. The van der Waals surface area contributed by atoms with Gasteiger partial charge in [-0.3, -0.25) is 4.79 Å². The molecule has 2 aromatic heterocycles. The van der Waals surface area contributed by atoms with Crippen LogP contribution in [0.3, 0.4) is 0 Å². The van der Waals surface area contributed by atoms with Crippen molar-refractivity contribution in [1.29, 1.82) is 0 Å². The smallest absolute Gasteiger partial charge is 0.294 e. The molecule has 0 radical (unpaired) electrons. The second-order valence-electron chi connectivity index (χ2n) is 6.88. The number of rotatable bonds is 5. The van der Waals surface area contributed by atoms with Crippen LogP contribution in [0.1, 0.15) is 23.0 Å². The second-order valence-corrected chi connectivity index (χ2v) is 7.32. The summed E-state index contributed by atoms with van der Waals surface area (Å²) < 4.78 is 16.8. The number of aromatic nitrogens is 5. The van der Waals surface area contributed by atoms with Gasteiger partial charge >= 0.3 is 0 Å². The molecule has 5 rings (SSSR count). The van der Waals surface area contributed by atoms with Crippen molar-refractivity contribution < 1.29 is 18.9 Å². The first kappa shape index (κ1) is 20.5. The number of hydrogen-bond acceptors (Lipinski definition) is 10. The first-order valence-electron chi connectivity index (χ1n) is 9.56. The minimum Gasteiger partial charge on any atom is -0.454 e. The molecule has 0 spiro atoms. The Bertz CT molecular complexity index is 1380. The maximum atomic E-state index is 13.0. The van der Waals surface area contributed by atoms with Gasteiger partial charge in [-0.2, -0.15) is 9.78 Å². The number of benzene rings is 2. The Kier molecular flexibility index (Phi) is 5.11. The molecule has 0 saturated heterocycles. The molecule has 0 saturated carbocycles. The van der Waals surface area contributed by atoms with Crippen LogP contribution < -0.4 is 20.6 Å². The van der Waals surface area contributed by atoms with Crippen molar-refractivity contribution in [2.75, 3.05) is 12.5 Å². The van der Waals surface area contributed by atoms with Crippen LogP contribution in [0.5, 0.6) is 11.5 Å². The van der Waals surface area contributed by atoms with E-state index >= 15 is 0 Å². The molecule has 4 aromatic rings. The van der Waals surface area contributed by atoms with Gasteiger partial charge in [0.15, 0.2) is 17.2 Å². The Hall–Kier alpha value is -4.45. The highest BCUT2D eigenvalue weighted by atomic mass is 35.5. The second kappa shape index (κ2) is 8.24. The van der Waals surface area contributed by atoms with Crippen molar-refractivity contribution in [3.05, 3.63) is 58.7 Å². The Morgan fingerprint density at radius 3 is 2.70 bits per heavy atom. The van der Waals surface area contributed by atoms with Crippen LogP contribution in [0.2, 0.25) is 5.02 Å². The molecule has 0 aliphatic carbocycles. The van der Waals surface area contributed by atoms with E-state index in [0.717, 1.165) is 5.56 Å². The molecule has 0 unspecified atom stereocenters. The van der Waals surface area contributed by atoms with Crippen LogP contribution >= 0.6 is 11.6 Å². The Morgan fingerprint density at radius 2 is 1.94 bits per heavy atom. The molecule has 33 heavy (non-hydrogen) atoms. The van der Waals surface area contributed by atoms with Crippen molar-refractivity contribution in [3.8, 4) is 28.6 Å². The molecule has 1 aliphatic heterocycles. The minimum atomic E-state index is -0.600. The summed E-state index contributed by atoms with van der Waals surface area (Å²) in [7, 11) is 0. The number of carbonyl (C=O) groups is 1. The van der Waals surface area contributed by atoms with Gasteiger partial charge in [0.2, 0.25) is 18.4 Å². The number of hydrogen-bond donors (Lipinski definition) is 2. The highest BCUT2D eigenvalue weighted by molar-refractivity contribution is 6.30. The Balaban J connectivity index is 1.53. The van der Waals surface area contributed by atoms with E-state index in [2.05, 4.69) is 35.8 Å². The molecule has 1 amide bonds. The highest BCUT2D eigenvalue weighted by Crippen LogP contribution is 2.37. The summed E-state index contributed by atoms with van der Waals surface area (Å²) >= 11 is 5.92. The van der Waals surface area contributed by atoms with E-state index in [9.17, 15) is 4.79 Å². The summed E-state index contributed by atoms with van der Waals surface area (Å²) in [5, 5.41) is 20.1. The third-order valence-corrected chi connectivity index (χ3v) is 5.07. The van der Waals surface area contributed by atoms with Crippen LogP contribution in [-0.2, 0) is 0 Å². The fourth-order valence-corrected chi connectivity index (χ4v) is 3.29. The SMILES string of the molecule is C/C(=N\NC(=O)c1nnn(-c2nonc2N)c1-c1ccc2c(c1)OCO2)c1ccc(Cl)cc1. The number of carbonyl (C=O) groups excluding carboxylic acids is 1. The topological polar surface area (TPSA) is 156 Å². The highest BCUT2D eigenvalue weighted by Gasteiger charge is 2.26. The molecular weight excluding hydrogens is 452 g/mol. The number of fused-ring (bicyclic) bond motifs is 1. The van der Waals surface area contributed by atoms with Gasteiger partial charge in [0, 0.05) is 10.6 Å². The summed E-state index contributed by atoms with van der Waals surface area (Å²) in [6.07, 6.45) is 0. The first-order chi connectivity index (χ1) is 16.0. The van der Waals surface area contributed by atoms with E-state index in [4.69, 9.17) is 26.8 Å². The predicted octanol–water partition coefficient (Wildman–Crippen LogP) is 2.44. The number of ether oxygens (including phenoxy) is 2. The lowest BCUT2D eigenvalue weighted by Crippen LogP contribution is -2.21. The van der Waals surface area contributed by atoms with Gasteiger partial charge in [-0.1, -0.05) is 28.9 Å². The fraction of sp³-hybridized carbons (Fsp3) is 0.100. The van der Waals surface area contributed by atoms with Crippen LogP contribution in [-0.4, -0.2) is 43.7 Å². The van der Waals surface area contributed by atoms with Crippen molar-refractivity contribution in [1.82, 2.24) is 30.7 Å². The summed E-state index contributed by atoms with van der Waals surface area (Å²) in [5.74, 6) is 0.543. The number of nitrogen functional groups attached to an aromatic ring is 1. The molecule has 12 nitrogen and oxygen atoms in total. The first-order valence-corrected chi connectivity index (χ1v) is 9.94. The largest absolute Gasteiger partial charge is 0.454 e. The van der Waals surface area contributed by atoms with E-state index in [1.165, 1.54) is 4.68 Å². The van der Waals surface area contributed by atoms with Crippen molar-refractivity contribution in [2.24, 2.45) is 5.10 Å². The van der Waals surface area contributed by atoms with Gasteiger partial charge in [0.05, 0.1) is 5.71 Å². The molecule has 1 aliphatic rings. The zero-order chi connectivity index (χ0) is 22.9. The van der Waals surface area contributed by atoms with Gasteiger partial charge in [-0.25, -0.2) is 10.1 Å². The normalized spacial score (nSPS) is 12.7. The van der Waals surface area contributed by atoms with Crippen molar-refractivity contribution in [3.63, 3.8) is 0 Å². The zero-order valence-electron chi connectivity index (χ0n) is 17.0. The molecule has 0 fully saturated rings. The third kappa shape index (κ3) is 3.83. The van der Waals surface area contributed by atoms with Crippen molar-refractivity contribution in [2.45, 2.75) is 6.92 Å². The third-order valence-electron chi connectivity index (χ3n) is 4.81. The number of nitrogens with two attached hydrogens (primary N) is 1. The van der Waals surface area contributed by atoms with Gasteiger partial charge in [-0.05, 0) is 53.1 Å². The lowest BCUT2D eigenvalue weighted by Gasteiger charge is -2.07. The standard InChI is InChI=1S/C20H15ClN8O4/c1-10(11-2-5-13(21)6-3-11)23-25-20(30)16-17(12-4-7-14-15(8-12)32-9-31-14)29(28-24-16)19-18(22)26-33-27-19/h2-8H,9H2,1H3,(H2,22,26)(H,25,30)/b23-10+. The van der Waals surface area contributed by atoms with Gasteiger partial charge in [0.1, 0.15) is 5.69 Å². The quantitative estimate of drug-likeness (QED) is 0.333. The van der Waals surface area contributed by atoms with E-state index < -0.39 is 5.91 Å². The van der Waals surface area contributed by atoms with Crippen LogP contribution in [0.25, 0.3) is 17.1 Å². The predicted molar refractivity (Wildman–Crippen MR) is 116 cm³/mol. The number of hydrazone groups is 1. The maximum Gasteiger partial charge on any atom is 0.294 e. The lowest BCUT2D eigenvalue weighted by molar-refractivity contribution is 0.0950. The molecule has 13 heteroatoms. The number of halogens is 1. The van der Waals surface area contributed by atoms with E-state index in [1.54, 1.807) is 49.4 Å². The Morgan fingerprint density at radius 1 is 1.15 bits per heavy atom. The van der Waals surface area contributed by atoms with Crippen molar-refractivity contribution >= 4 is 29.0 Å². The van der Waals surface area contributed by atoms with Gasteiger partial charge in [-0.15, -0.1) is 5.10 Å². The molecule has 3 N–H and O–H groups in total. The molecule has 3 heterocycles. The summed E-state index contributed by atoms with van der Waals surface area (Å²) in [5.41, 5.74) is 10.5. The molecule has 0 bridgehead atoms. The summed E-state index contributed by atoms with van der Waals surface area (Å²) in [6, 6.07) is 12.2. The lowest BCUT2D eigenvalue weighted by atomic mass is 10.1. The molecular formula is C20H15ClN8O4. The van der Waals surface area contributed by atoms with Gasteiger partial charge in [0.25, 0.3) is 5.91 Å². The zero-order valence-corrected chi connectivity index (χ0v) is 17.8. The number of nitrogens with one attached hydrogen (secondary N) is 1.